The van der Waals surface area contributed by atoms with E-state index in [1.54, 1.807) is 0 Å². The molecule has 2 aliphatic carbocycles. The van der Waals surface area contributed by atoms with Gasteiger partial charge in [-0.15, -0.1) is 0 Å². The number of fused-ring (bicyclic) bond motifs is 2. The molecule has 1 heteroatoms. The predicted octanol–water partition coefficient (Wildman–Crippen LogP) is 5.21. The lowest BCUT2D eigenvalue weighted by Gasteiger charge is -2.30. The number of halogens is 1. The maximum Gasteiger partial charge on any atom is 0.0124 e. The maximum atomic E-state index is 2.48. The van der Waals surface area contributed by atoms with E-state index in [0.29, 0.717) is 5.92 Å². The van der Waals surface area contributed by atoms with Gasteiger partial charge in [0.05, 0.1) is 0 Å². The smallest absolute Gasteiger partial charge is 0.0124 e. The van der Waals surface area contributed by atoms with E-state index in [1.165, 1.54) is 24.0 Å². The Labute approximate surface area is 131 Å². The van der Waals surface area contributed by atoms with Gasteiger partial charge < -0.3 is 0 Å². The summed E-state index contributed by atoms with van der Waals surface area (Å²) in [4.78, 5) is 0. The number of allylic oxidation sites excluding steroid dienone is 5. The summed E-state index contributed by atoms with van der Waals surface area (Å²) < 4.78 is 4.82. The summed E-state index contributed by atoms with van der Waals surface area (Å²) in [6, 6.07) is 11.1. The van der Waals surface area contributed by atoms with Crippen LogP contribution in [0.4, 0.5) is 0 Å². The van der Waals surface area contributed by atoms with Crippen molar-refractivity contribution in [1.29, 1.82) is 0 Å². The molecule has 1 saturated carbocycles. The molecule has 1 aromatic rings. The van der Waals surface area contributed by atoms with E-state index in [4.69, 9.17) is 0 Å². The van der Waals surface area contributed by atoms with Crippen LogP contribution in [0.25, 0.3) is 0 Å². The summed E-state index contributed by atoms with van der Waals surface area (Å²) in [7, 11) is 0. The van der Waals surface area contributed by atoms with E-state index in [2.05, 4.69) is 62.7 Å². The zero-order valence-electron chi connectivity index (χ0n) is 11.5. The average molecular weight is 374 g/mol. The van der Waals surface area contributed by atoms with Crippen LogP contribution < -0.4 is 0 Å². The molecule has 0 radical (unpaired) electrons. The van der Waals surface area contributed by atoms with E-state index in [9.17, 15) is 0 Å². The summed E-state index contributed by atoms with van der Waals surface area (Å²) in [5.74, 6) is 3.04. The van der Waals surface area contributed by atoms with Crippen molar-refractivity contribution in [2.75, 3.05) is 0 Å². The number of hydrogen-bond acceptors (Lipinski definition) is 0. The van der Waals surface area contributed by atoms with Crippen LogP contribution in [0, 0.1) is 17.8 Å². The average Bonchev–Trinajstić information content (AvgIpc) is 3.13. The molecule has 4 rings (SSSR count). The zero-order valence-corrected chi connectivity index (χ0v) is 13.6. The third-order valence-electron chi connectivity index (χ3n) is 4.93. The molecule has 0 spiro atoms. The van der Waals surface area contributed by atoms with Crippen LogP contribution in [0.5, 0.6) is 0 Å². The van der Waals surface area contributed by atoms with Crippen molar-refractivity contribution in [1.82, 2.24) is 0 Å². The summed E-state index contributed by atoms with van der Waals surface area (Å²) in [6.45, 7) is 0. The van der Waals surface area contributed by atoms with E-state index in [0.717, 1.165) is 17.8 Å². The minimum atomic E-state index is 0.176. The Bertz CT molecular complexity index is 606. The van der Waals surface area contributed by atoms with Crippen molar-refractivity contribution in [2.24, 2.45) is 17.8 Å². The third kappa shape index (κ3) is 2.26. The quantitative estimate of drug-likeness (QED) is 0.503. The van der Waals surface area contributed by atoms with Crippen LogP contribution in [0.2, 0.25) is 0 Å². The molecule has 1 aliphatic heterocycles. The minimum Gasteiger partial charge on any atom is -0.0937 e. The van der Waals surface area contributed by atoms with E-state index in [1.807, 2.05) is 0 Å². The molecular weight excluding hydrogens is 355 g/mol. The molecule has 0 amide bonds. The van der Waals surface area contributed by atoms with Gasteiger partial charge in [0.15, 0.2) is 0 Å². The van der Waals surface area contributed by atoms with Gasteiger partial charge in [-0.2, -0.15) is 0 Å². The highest BCUT2D eigenvalue weighted by Crippen LogP contribution is 2.52. The molecular formula is C19H19I. The molecule has 3 aliphatic rings. The summed E-state index contributed by atoms with van der Waals surface area (Å²) in [5, 5.41) is 0. The fourth-order valence-corrected chi connectivity index (χ4v) is 5.56. The number of rotatable bonds is 3. The highest BCUT2D eigenvalue weighted by atomic mass is 127. The first-order chi connectivity index (χ1) is 9.92. The molecule has 0 N–H and O–H groups in total. The second-order valence-corrected chi connectivity index (χ2v) is 8.20. The van der Waals surface area contributed by atoms with Crippen molar-refractivity contribution < 1.29 is 0 Å². The molecule has 0 saturated heterocycles. The van der Waals surface area contributed by atoms with Gasteiger partial charge >= 0.3 is 0 Å². The van der Waals surface area contributed by atoms with Crippen molar-refractivity contribution >= 4 is 24.7 Å². The fraction of sp³-hybridized carbons (Fsp3) is 0.316. The normalized spacial score (nSPS) is 32.0. The largest absolute Gasteiger partial charge is 0.0937 e. The predicted molar refractivity (Wildman–Crippen MR) is 95.3 cm³/mol. The Kier molecular flexibility index (Phi) is 3.47. The van der Waals surface area contributed by atoms with Gasteiger partial charge in [-0.3, -0.25) is 0 Å². The third-order valence-corrected chi connectivity index (χ3v) is 6.48. The standard InChI is InChI=1S/C19H19I/c1-2-4-15(5-3-1)19(16-8-10-20-11-9-16)18-13-14-6-7-17(18)12-14/h1-11,14,17-19H,12-13H2. The summed E-state index contributed by atoms with van der Waals surface area (Å²) in [5.41, 5.74) is 3.04. The summed E-state index contributed by atoms with van der Waals surface area (Å²) >= 11 is 0.176. The molecule has 1 fully saturated rings. The molecule has 1 aromatic carbocycles. The van der Waals surface area contributed by atoms with Crippen LogP contribution in [0.3, 0.4) is 0 Å². The van der Waals surface area contributed by atoms with Crippen LogP contribution in [0.1, 0.15) is 24.3 Å². The maximum absolute atomic E-state index is 2.48. The molecule has 0 aromatic heterocycles. The molecule has 4 unspecified atom stereocenters. The fourth-order valence-electron chi connectivity index (χ4n) is 4.08. The van der Waals surface area contributed by atoms with Crippen molar-refractivity contribution in [3.8, 4) is 0 Å². The lowest BCUT2D eigenvalue weighted by atomic mass is 9.74. The van der Waals surface area contributed by atoms with E-state index < -0.39 is 0 Å². The van der Waals surface area contributed by atoms with Crippen molar-refractivity contribution in [2.45, 2.75) is 18.8 Å². The molecule has 20 heavy (non-hydrogen) atoms. The van der Waals surface area contributed by atoms with Crippen LogP contribution >= 0.6 is 20.7 Å². The van der Waals surface area contributed by atoms with Gasteiger partial charge in [-0.05, 0) is 49.8 Å². The minimum absolute atomic E-state index is 0.176. The monoisotopic (exact) mass is 374 g/mol. The molecule has 4 atom stereocenters. The second kappa shape index (κ2) is 5.44. The van der Waals surface area contributed by atoms with Crippen LogP contribution in [-0.4, -0.2) is 4.01 Å². The first-order valence-corrected chi connectivity index (χ1v) is 9.96. The first-order valence-electron chi connectivity index (χ1n) is 7.47. The van der Waals surface area contributed by atoms with Gasteiger partial charge in [-0.25, -0.2) is 0 Å². The van der Waals surface area contributed by atoms with Gasteiger partial charge in [-0.1, -0.05) is 75.4 Å². The zero-order chi connectivity index (χ0) is 13.4. The topological polar surface area (TPSA) is 0 Å². The highest BCUT2D eigenvalue weighted by Gasteiger charge is 2.41. The highest BCUT2D eigenvalue weighted by molar-refractivity contribution is 14.2. The van der Waals surface area contributed by atoms with Gasteiger partial charge in [0.1, 0.15) is 0 Å². The Morgan fingerprint density at radius 3 is 2.60 bits per heavy atom. The Hall–Kier alpha value is -0.960. The Morgan fingerprint density at radius 1 is 1.05 bits per heavy atom. The van der Waals surface area contributed by atoms with Crippen molar-refractivity contribution in [3.63, 3.8) is 0 Å². The molecule has 0 nitrogen and oxygen atoms in total. The molecule has 102 valence electrons. The van der Waals surface area contributed by atoms with Crippen LogP contribution in [0.15, 0.2) is 64.3 Å². The van der Waals surface area contributed by atoms with Gasteiger partial charge in [0.25, 0.3) is 0 Å². The molecule has 2 bridgehead atoms. The first kappa shape index (κ1) is 12.8. The second-order valence-electron chi connectivity index (χ2n) is 6.04. The van der Waals surface area contributed by atoms with E-state index >= 15 is 0 Å². The molecule has 1 heterocycles. The lowest BCUT2D eigenvalue weighted by molar-refractivity contribution is 0.399. The SMILES string of the molecule is C1=CC(C(c2ccccc2)C2CC3C=CC2C3)=CC=I1. The van der Waals surface area contributed by atoms with Crippen LogP contribution in [-0.2, 0) is 0 Å². The van der Waals surface area contributed by atoms with Crippen molar-refractivity contribution in [3.05, 3.63) is 69.9 Å². The van der Waals surface area contributed by atoms with Gasteiger partial charge in [0, 0.05) is 5.92 Å². The Morgan fingerprint density at radius 2 is 1.95 bits per heavy atom. The number of hydrogen-bond donors (Lipinski definition) is 0. The van der Waals surface area contributed by atoms with Gasteiger partial charge in [0.2, 0.25) is 0 Å². The Balaban J connectivity index is 1.74. The lowest BCUT2D eigenvalue weighted by Crippen LogP contribution is -2.19. The van der Waals surface area contributed by atoms with E-state index in [-0.39, 0.29) is 20.7 Å². The number of benzene rings is 1. The summed E-state index contributed by atoms with van der Waals surface area (Å²) in [6.07, 6.45) is 12.5.